The van der Waals surface area contributed by atoms with Gasteiger partial charge in [0.1, 0.15) is 5.75 Å². The highest BCUT2D eigenvalue weighted by atomic mass is 32.2. The van der Waals surface area contributed by atoms with Gasteiger partial charge in [0.2, 0.25) is 10.0 Å². The molecule has 5 nitrogen and oxygen atoms in total. The molecule has 0 bridgehead atoms. The minimum absolute atomic E-state index is 0.223. The van der Waals surface area contributed by atoms with E-state index in [0.717, 1.165) is 0 Å². The molecular formula is C14H24N2O3S. The van der Waals surface area contributed by atoms with Crippen LogP contribution >= 0.6 is 0 Å². The monoisotopic (exact) mass is 300 g/mol. The zero-order valence-corrected chi connectivity index (χ0v) is 13.2. The molecule has 1 aromatic rings. The van der Waals surface area contributed by atoms with Crippen LogP contribution in [0.25, 0.3) is 0 Å². The van der Waals surface area contributed by atoms with Gasteiger partial charge < -0.3 is 10.5 Å². The number of hydrogen-bond acceptors (Lipinski definition) is 4. The third-order valence-corrected chi connectivity index (χ3v) is 5.13. The lowest BCUT2D eigenvalue weighted by molar-refractivity contribution is 0.340. The average molecular weight is 300 g/mol. The van der Waals surface area contributed by atoms with E-state index in [-0.39, 0.29) is 11.4 Å². The summed E-state index contributed by atoms with van der Waals surface area (Å²) in [4.78, 5) is 0.223. The molecule has 0 amide bonds. The van der Waals surface area contributed by atoms with Gasteiger partial charge in [0, 0.05) is 12.1 Å². The summed E-state index contributed by atoms with van der Waals surface area (Å²) in [5.41, 5.74) is 5.14. The van der Waals surface area contributed by atoms with Gasteiger partial charge in [0.25, 0.3) is 0 Å². The number of rotatable bonds is 8. The van der Waals surface area contributed by atoms with Crippen molar-refractivity contribution in [2.45, 2.75) is 44.0 Å². The Kier molecular flexibility index (Phi) is 5.98. The van der Waals surface area contributed by atoms with Gasteiger partial charge in [-0.2, -0.15) is 0 Å². The summed E-state index contributed by atoms with van der Waals surface area (Å²) in [6, 6.07) is 6.39. The summed E-state index contributed by atoms with van der Waals surface area (Å²) in [5.74, 6) is 0.655. The van der Waals surface area contributed by atoms with E-state index in [9.17, 15) is 8.42 Å². The predicted octanol–water partition coefficient (Wildman–Crippen LogP) is 1.88. The van der Waals surface area contributed by atoms with Gasteiger partial charge in [0.15, 0.2) is 0 Å². The maximum atomic E-state index is 12.4. The molecule has 0 aliphatic rings. The normalized spacial score (nSPS) is 12.4. The second-order valence-electron chi connectivity index (χ2n) is 4.70. The molecule has 0 atom stereocenters. The first-order valence-electron chi connectivity index (χ1n) is 6.90. The van der Waals surface area contributed by atoms with Crippen LogP contribution in [0.1, 0.15) is 33.6 Å². The lowest BCUT2D eigenvalue weighted by Gasteiger charge is -2.31. The standard InChI is InChI=1S/C14H24N2O3S/c1-4-14(5-2,11-15)16-20(17,18)13-9-7-12(8-10-13)19-6-3/h7-10,16H,4-6,11,15H2,1-3H3. The Hall–Kier alpha value is -1.11. The second-order valence-corrected chi connectivity index (χ2v) is 6.38. The van der Waals surface area contributed by atoms with Crippen molar-refractivity contribution in [2.75, 3.05) is 13.2 Å². The van der Waals surface area contributed by atoms with Crippen molar-refractivity contribution in [3.8, 4) is 5.75 Å². The molecule has 3 N–H and O–H groups in total. The number of benzene rings is 1. The van der Waals surface area contributed by atoms with Crippen LogP contribution in [0.5, 0.6) is 5.75 Å². The Morgan fingerprint density at radius 1 is 1.15 bits per heavy atom. The lowest BCUT2D eigenvalue weighted by atomic mass is 9.95. The summed E-state index contributed by atoms with van der Waals surface area (Å²) >= 11 is 0. The zero-order chi connectivity index (χ0) is 15.2. The first-order chi connectivity index (χ1) is 9.43. The summed E-state index contributed by atoms with van der Waals surface area (Å²) in [6.07, 6.45) is 1.30. The minimum atomic E-state index is -3.57. The van der Waals surface area contributed by atoms with E-state index in [0.29, 0.717) is 25.2 Å². The van der Waals surface area contributed by atoms with Crippen molar-refractivity contribution < 1.29 is 13.2 Å². The molecule has 20 heavy (non-hydrogen) atoms. The highest BCUT2D eigenvalue weighted by molar-refractivity contribution is 7.89. The Morgan fingerprint density at radius 3 is 2.10 bits per heavy atom. The molecule has 0 unspecified atom stereocenters. The molecule has 0 aromatic heterocycles. The number of sulfonamides is 1. The molecule has 0 aliphatic heterocycles. The summed E-state index contributed by atoms with van der Waals surface area (Å²) in [6.45, 7) is 6.56. The largest absolute Gasteiger partial charge is 0.494 e. The summed E-state index contributed by atoms with van der Waals surface area (Å²) in [7, 11) is -3.57. The second kappa shape index (κ2) is 7.06. The minimum Gasteiger partial charge on any atom is -0.494 e. The molecule has 1 rings (SSSR count). The Morgan fingerprint density at radius 2 is 1.70 bits per heavy atom. The number of nitrogens with one attached hydrogen (secondary N) is 1. The summed E-state index contributed by atoms with van der Waals surface area (Å²) < 4.78 is 32.8. The van der Waals surface area contributed by atoms with E-state index >= 15 is 0 Å². The summed E-state index contributed by atoms with van der Waals surface area (Å²) in [5, 5.41) is 0. The third-order valence-electron chi connectivity index (χ3n) is 3.54. The Labute approximate surface area is 121 Å². The van der Waals surface area contributed by atoms with Crippen LogP contribution in [-0.4, -0.2) is 27.1 Å². The first kappa shape index (κ1) is 16.9. The van der Waals surface area contributed by atoms with Crippen molar-refractivity contribution in [3.05, 3.63) is 24.3 Å². The maximum Gasteiger partial charge on any atom is 0.241 e. The van der Waals surface area contributed by atoms with Gasteiger partial charge in [-0.15, -0.1) is 0 Å². The molecular weight excluding hydrogens is 276 g/mol. The van der Waals surface area contributed by atoms with Crippen molar-refractivity contribution in [2.24, 2.45) is 5.73 Å². The molecule has 0 heterocycles. The van der Waals surface area contributed by atoms with Crippen LogP contribution in [0.2, 0.25) is 0 Å². The molecule has 114 valence electrons. The number of ether oxygens (including phenoxy) is 1. The fourth-order valence-electron chi connectivity index (χ4n) is 1.95. The average Bonchev–Trinajstić information content (AvgIpc) is 2.46. The van der Waals surface area contributed by atoms with Gasteiger partial charge in [-0.25, -0.2) is 13.1 Å². The van der Waals surface area contributed by atoms with Gasteiger partial charge in [-0.3, -0.25) is 0 Å². The van der Waals surface area contributed by atoms with E-state index in [2.05, 4.69) is 4.72 Å². The Bertz CT molecular complexity index is 499. The predicted molar refractivity (Wildman–Crippen MR) is 80.3 cm³/mol. The van der Waals surface area contributed by atoms with Gasteiger partial charge in [-0.05, 0) is 44.0 Å². The van der Waals surface area contributed by atoms with Crippen molar-refractivity contribution >= 4 is 10.0 Å². The van der Waals surface area contributed by atoms with Crippen LogP contribution < -0.4 is 15.2 Å². The van der Waals surface area contributed by atoms with E-state index < -0.39 is 15.6 Å². The molecule has 0 spiro atoms. The zero-order valence-electron chi connectivity index (χ0n) is 12.3. The highest BCUT2D eigenvalue weighted by Crippen LogP contribution is 2.20. The van der Waals surface area contributed by atoms with E-state index in [1.807, 2.05) is 20.8 Å². The molecule has 1 aromatic carbocycles. The number of hydrogen-bond donors (Lipinski definition) is 2. The van der Waals surface area contributed by atoms with Crippen LogP contribution in [-0.2, 0) is 10.0 Å². The van der Waals surface area contributed by atoms with Gasteiger partial charge >= 0.3 is 0 Å². The fraction of sp³-hybridized carbons (Fsp3) is 0.571. The molecule has 0 saturated heterocycles. The fourth-order valence-corrected chi connectivity index (χ4v) is 3.50. The Balaban J connectivity index is 2.98. The van der Waals surface area contributed by atoms with Crippen molar-refractivity contribution in [1.82, 2.24) is 4.72 Å². The van der Waals surface area contributed by atoms with Crippen LogP contribution in [0.3, 0.4) is 0 Å². The third kappa shape index (κ3) is 3.94. The lowest BCUT2D eigenvalue weighted by Crippen LogP contribution is -2.52. The molecule has 0 aliphatic carbocycles. The van der Waals surface area contributed by atoms with E-state index in [1.165, 1.54) is 0 Å². The quantitative estimate of drug-likeness (QED) is 0.768. The van der Waals surface area contributed by atoms with Crippen LogP contribution in [0.15, 0.2) is 29.2 Å². The molecule has 0 saturated carbocycles. The molecule has 0 radical (unpaired) electrons. The first-order valence-corrected chi connectivity index (χ1v) is 8.38. The molecule has 6 heteroatoms. The van der Waals surface area contributed by atoms with Crippen LogP contribution in [0.4, 0.5) is 0 Å². The van der Waals surface area contributed by atoms with Gasteiger partial charge in [-0.1, -0.05) is 13.8 Å². The topological polar surface area (TPSA) is 81.4 Å². The van der Waals surface area contributed by atoms with Crippen molar-refractivity contribution in [3.63, 3.8) is 0 Å². The van der Waals surface area contributed by atoms with Crippen molar-refractivity contribution in [1.29, 1.82) is 0 Å². The van der Waals surface area contributed by atoms with E-state index in [4.69, 9.17) is 10.5 Å². The van der Waals surface area contributed by atoms with Crippen LogP contribution in [0, 0.1) is 0 Å². The maximum absolute atomic E-state index is 12.4. The number of nitrogens with two attached hydrogens (primary N) is 1. The highest BCUT2D eigenvalue weighted by Gasteiger charge is 2.30. The molecule has 0 fully saturated rings. The smallest absolute Gasteiger partial charge is 0.241 e. The van der Waals surface area contributed by atoms with E-state index in [1.54, 1.807) is 24.3 Å². The SMILES string of the molecule is CCOc1ccc(S(=O)(=O)NC(CC)(CC)CN)cc1. The van der Waals surface area contributed by atoms with Gasteiger partial charge in [0.05, 0.1) is 11.5 Å².